The molecule has 0 atom stereocenters. The van der Waals surface area contributed by atoms with Crippen LogP contribution in [0.2, 0.25) is 0 Å². The van der Waals surface area contributed by atoms with Crippen LogP contribution >= 0.6 is 0 Å². The molecule has 7 nitrogen and oxygen atoms in total. The largest absolute Gasteiger partial charge is 0.484 e. The van der Waals surface area contributed by atoms with Crippen molar-refractivity contribution < 1.29 is 17.9 Å². The highest BCUT2D eigenvalue weighted by atomic mass is 32.2. The molecule has 1 aliphatic rings. The van der Waals surface area contributed by atoms with Gasteiger partial charge in [-0.25, -0.2) is 8.42 Å². The summed E-state index contributed by atoms with van der Waals surface area (Å²) in [5.41, 5.74) is 1.68. The first kappa shape index (κ1) is 22.7. The molecule has 4 rings (SSSR count). The van der Waals surface area contributed by atoms with Crippen molar-refractivity contribution in [1.29, 1.82) is 0 Å². The second-order valence-corrected chi connectivity index (χ2v) is 9.74. The fraction of sp³-hybridized carbons (Fsp3) is 0.240. The van der Waals surface area contributed by atoms with Crippen LogP contribution in [0.15, 0.2) is 89.8 Å². The molecular weight excluding hydrogens is 438 g/mol. The molecule has 172 valence electrons. The Labute approximate surface area is 194 Å². The molecule has 0 aliphatic carbocycles. The molecule has 0 saturated carbocycles. The van der Waals surface area contributed by atoms with Crippen LogP contribution in [0.4, 0.5) is 11.4 Å². The van der Waals surface area contributed by atoms with Gasteiger partial charge in [-0.05, 0) is 48.5 Å². The molecule has 1 saturated heterocycles. The maximum Gasteiger partial charge on any atom is 0.264 e. The first-order valence-corrected chi connectivity index (χ1v) is 12.2. The van der Waals surface area contributed by atoms with Crippen molar-refractivity contribution in [1.82, 2.24) is 4.90 Å². The number of sulfonamides is 1. The number of hydrogen-bond donors (Lipinski definition) is 0. The van der Waals surface area contributed by atoms with Crippen molar-refractivity contribution in [3.8, 4) is 5.75 Å². The van der Waals surface area contributed by atoms with Gasteiger partial charge in [-0.1, -0.05) is 36.4 Å². The first-order valence-electron chi connectivity index (χ1n) is 10.8. The van der Waals surface area contributed by atoms with Gasteiger partial charge in [0.1, 0.15) is 5.75 Å². The number of rotatable bonds is 7. The molecule has 3 aromatic carbocycles. The Morgan fingerprint density at radius 1 is 0.848 bits per heavy atom. The molecule has 33 heavy (non-hydrogen) atoms. The molecule has 8 heteroatoms. The van der Waals surface area contributed by atoms with Gasteiger partial charge in [0.15, 0.2) is 6.61 Å². The Balaban J connectivity index is 1.29. The van der Waals surface area contributed by atoms with Gasteiger partial charge >= 0.3 is 0 Å². The van der Waals surface area contributed by atoms with Gasteiger partial charge in [0, 0.05) is 38.9 Å². The summed E-state index contributed by atoms with van der Waals surface area (Å²) in [6.45, 7) is 2.82. The minimum Gasteiger partial charge on any atom is -0.484 e. The van der Waals surface area contributed by atoms with E-state index >= 15 is 0 Å². The fourth-order valence-electron chi connectivity index (χ4n) is 3.73. The van der Waals surface area contributed by atoms with Crippen molar-refractivity contribution in [3.63, 3.8) is 0 Å². The second kappa shape index (κ2) is 9.95. The summed E-state index contributed by atoms with van der Waals surface area (Å²) < 4.78 is 32.4. The topological polar surface area (TPSA) is 70.2 Å². The van der Waals surface area contributed by atoms with Crippen molar-refractivity contribution in [2.45, 2.75) is 4.90 Å². The molecule has 1 fully saturated rings. The van der Waals surface area contributed by atoms with E-state index in [2.05, 4.69) is 17.0 Å². The summed E-state index contributed by atoms with van der Waals surface area (Å²) >= 11 is 0. The third kappa shape index (κ3) is 5.28. The maximum atomic E-state index is 12.8. The Hall–Kier alpha value is -3.52. The summed E-state index contributed by atoms with van der Waals surface area (Å²) in [7, 11) is -2.13. The van der Waals surface area contributed by atoms with Gasteiger partial charge in [0.25, 0.3) is 15.9 Å². The number of hydrogen-bond acceptors (Lipinski definition) is 5. The molecule has 0 aromatic heterocycles. The molecule has 0 bridgehead atoms. The molecule has 0 radical (unpaired) electrons. The number of carbonyl (C=O) groups excluding carboxylic acids is 1. The van der Waals surface area contributed by atoms with Gasteiger partial charge < -0.3 is 14.5 Å². The van der Waals surface area contributed by atoms with Crippen LogP contribution in [0.5, 0.6) is 5.75 Å². The van der Waals surface area contributed by atoms with Crippen LogP contribution in [-0.4, -0.2) is 59.1 Å². The molecule has 1 aliphatic heterocycles. The van der Waals surface area contributed by atoms with Gasteiger partial charge in [-0.2, -0.15) is 0 Å². The molecule has 0 unspecified atom stereocenters. The van der Waals surface area contributed by atoms with Crippen LogP contribution in [0.3, 0.4) is 0 Å². The summed E-state index contributed by atoms with van der Waals surface area (Å²) in [6.07, 6.45) is 0. The molecule has 1 amide bonds. The third-order valence-electron chi connectivity index (χ3n) is 5.72. The molecule has 3 aromatic rings. The van der Waals surface area contributed by atoms with Crippen molar-refractivity contribution >= 4 is 27.3 Å². The third-order valence-corrected chi connectivity index (χ3v) is 7.52. The number of piperazine rings is 1. The van der Waals surface area contributed by atoms with E-state index in [0.29, 0.717) is 24.5 Å². The fourth-order valence-corrected chi connectivity index (χ4v) is 4.95. The number of ether oxygens (including phenoxy) is 1. The number of para-hydroxylation sites is 1. The second-order valence-electron chi connectivity index (χ2n) is 7.77. The summed E-state index contributed by atoms with van der Waals surface area (Å²) in [5.74, 6) is 0.455. The lowest BCUT2D eigenvalue weighted by Gasteiger charge is -2.36. The highest BCUT2D eigenvalue weighted by Crippen LogP contribution is 2.24. The Morgan fingerprint density at radius 3 is 2.03 bits per heavy atom. The highest BCUT2D eigenvalue weighted by Gasteiger charge is 2.22. The number of nitrogens with zero attached hydrogens (tertiary/aromatic N) is 3. The van der Waals surface area contributed by atoms with Gasteiger partial charge in [-0.3, -0.25) is 9.10 Å². The van der Waals surface area contributed by atoms with Crippen LogP contribution in [0.1, 0.15) is 0 Å². The predicted molar refractivity (Wildman–Crippen MR) is 129 cm³/mol. The van der Waals surface area contributed by atoms with E-state index in [1.807, 2.05) is 23.1 Å². The van der Waals surface area contributed by atoms with Crippen LogP contribution in [0.25, 0.3) is 0 Å². The Kier molecular flexibility index (Phi) is 6.84. The number of anilines is 2. The van der Waals surface area contributed by atoms with E-state index in [0.717, 1.165) is 13.1 Å². The lowest BCUT2D eigenvalue weighted by Crippen LogP contribution is -2.50. The monoisotopic (exact) mass is 465 g/mol. The number of amides is 1. The normalized spacial score (nSPS) is 14.1. The van der Waals surface area contributed by atoms with Crippen molar-refractivity contribution in [2.24, 2.45) is 0 Å². The molecular formula is C25H27N3O4S. The maximum absolute atomic E-state index is 12.8. The Morgan fingerprint density at radius 2 is 1.42 bits per heavy atom. The van der Waals surface area contributed by atoms with E-state index in [9.17, 15) is 13.2 Å². The lowest BCUT2D eigenvalue weighted by molar-refractivity contribution is -0.133. The number of benzene rings is 3. The SMILES string of the molecule is CN(c1ccc(OCC(=O)N2CCN(c3ccccc3)CC2)cc1)S(=O)(=O)c1ccccc1. The average molecular weight is 466 g/mol. The quantitative estimate of drug-likeness (QED) is 0.536. The van der Waals surface area contributed by atoms with E-state index in [1.54, 1.807) is 54.6 Å². The predicted octanol–water partition coefficient (Wildman–Crippen LogP) is 3.24. The molecule has 0 N–H and O–H groups in total. The number of carbonyl (C=O) groups is 1. The zero-order valence-corrected chi connectivity index (χ0v) is 19.3. The minimum atomic E-state index is -3.64. The van der Waals surface area contributed by atoms with E-state index in [4.69, 9.17) is 4.74 Å². The first-order chi connectivity index (χ1) is 15.9. The van der Waals surface area contributed by atoms with Gasteiger partial charge in [0.05, 0.1) is 10.6 Å². The van der Waals surface area contributed by atoms with Crippen LogP contribution < -0.4 is 13.9 Å². The summed E-state index contributed by atoms with van der Waals surface area (Å²) in [5, 5.41) is 0. The molecule has 1 heterocycles. The van der Waals surface area contributed by atoms with Gasteiger partial charge in [-0.15, -0.1) is 0 Å². The van der Waals surface area contributed by atoms with E-state index < -0.39 is 10.0 Å². The van der Waals surface area contributed by atoms with E-state index in [-0.39, 0.29) is 17.4 Å². The average Bonchev–Trinajstić information content (AvgIpc) is 2.88. The van der Waals surface area contributed by atoms with Crippen molar-refractivity contribution in [3.05, 3.63) is 84.9 Å². The zero-order chi connectivity index (χ0) is 23.3. The highest BCUT2D eigenvalue weighted by molar-refractivity contribution is 7.92. The summed E-state index contributed by atoms with van der Waals surface area (Å²) in [4.78, 5) is 16.9. The Bertz CT molecular complexity index is 1160. The van der Waals surface area contributed by atoms with Crippen LogP contribution in [-0.2, 0) is 14.8 Å². The minimum absolute atomic E-state index is 0.0527. The van der Waals surface area contributed by atoms with Crippen LogP contribution in [0, 0.1) is 0 Å². The zero-order valence-electron chi connectivity index (χ0n) is 18.5. The lowest BCUT2D eigenvalue weighted by atomic mass is 10.2. The molecule has 0 spiro atoms. The smallest absolute Gasteiger partial charge is 0.264 e. The van der Waals surface area contributed by atoms with Crippen molar-refractivity contribution in [2.75, 3.05) is 49.0 Å². The van der Waals surface area contributed by atoms with E-state index in [1.165, 1.54) is 17.0 Å². The standard InChI is InChI=1S/C25H27N3O4S/c1-26(33(30,31)24-10-6-3-7-11-24)21-12-14-23(15-13-21)32-20-25(29)28-18-16-27(17-19-28)22-8-4-2-5-9-22/h2-15H,16-20H2,1H3. The summed E-state index contributed by atoms with van der Waals surface area (Å²) in [6, 6.07) is 25.1. The van der Waals surface area contributed by atoms with Gasteiger partial charge in [0.2, 0.25) is 0 Å².